The Morgan fingerprint density at radius 1 is 1.30 bits per heavy atom. The summed E-state index contributed by atoms with van der Waals surface area (Å²) < 4.78 is -0.889. The Labute approximate surface area is 145 Å². The summed E-state index contributed by atoms with van der Waals surface area (Å²) >= 11 is 12.3. The van der Waals surface area contributed by atoms with Crippen molar-refractivity contribution in [2.45, 2.75) is 36.4 Å². The topological polar surface area (TPSA) is 49.0 Å². The number of halogens is 2. The number of piperidine rings is 1. The lowest BCUT2D eigenvalue weighted by Gasteiger charge is -2.33. The second-order valence-electron chi connectivity index (χ2n) is 6.92. The van der Waals surface area contributed by atoms with Gasteiger partial charge < -0.3 is 9.88 Å². The predicted molar refractivity (Wildman–Crippen MR) is 91.8 cm³/mol. The Morgan fingerprint density at radius 3 is 2.57 bits per heavy atom. The number of carbonyl (C=O) groups excluding carboxylic acids is 1. The predicted octanol–water partition coefficient (Wildman–Crippen LogP) is 3.85. The van der Waals surface area contributed by atoms with E-state index >= 15 is 0 Å². The smallest absolute Gasteiger partial charge is 0.231 e. The second-order valence-corrected chi connectivity index (χ2v) is 8.40. The van der Waals surface area contributed by atoms with Crippen LogP contribution in [0.4, 0.5) is 0 Å². The number of para-hydroxylation sites is 2. The summed E-state index contributed by atoms with van der Waals surface area (Å²) in [5.74, 6) is 1.49. The van der Waals surface area contributed by atoms with Gasteiger partial charge in [0.2, 0.25) is 5.91 Å². The van der Waals surface area contributed by atoms with Gasteiger partial charge in [0.15, 0.2) is 0 Å². The summed E-state index contributed by atoms with van der Waals surface area (Å²) in [5.41, 5.74) is 1.46. The van der Waals surface area contributed by atoms with E-state index in [9.17, 15) is 4.79 Å². The van der Waals surface area contributed by atoms with Gasteiger partial charge >= 0.3 is 0 Å². The number of benzene rings is 1. The first-order chi connectivity index (χ1) is 10.9. The van der Waals surface area contributed by atoms with Crippen LogP contribution in [0.15, 0.2) is 24.3 Å². The molecule has 4 nitrogen and oxygen atoms in total. The van der Waals surface area contributed by atoms with E-state index in [2.05, 4.69) is 9.97 Å². The Morgan fingerprint density at radius 2 is 1.96 bits per heavy atom. The van der Waals surface area contributed by atoms with Gasteiger partial charge in [-0.1, -0.05) is 12.1 Å². The Kier molecular flexibility index (Phi) is 3.40. The standard InChI is InChI=1S/C17H19Cl2N3O/c1-16(10-17(16,18)19)15(23)22-8-6-11(7-9-22)14-20-12-4-2-3-5-13(12)21-14/h2-5,11H,6-10H2,1H3,(H,20,21). The molecule has 1 saturated heterocycles. The van der Waals surface area contributed by atoms with E-state index in [0.29, 0.717) is 12.3 Å². The number of hydrogen-bond acceptors (Lipinski definition) is 2. The molecule has 1 N–H and O–H groups in total. The number of hydrogen-bond donors (Lipinski definition) is 1. The number of rotatable bonds is 2. The zero-order valence-electron chi connectivity index (χ0n) is 13.0. The van der Waals surface area contributed by atoms with Crippen molar-refractivity contribution in [1.82, 2.24) is 14.9 Å². The molecule has 1 unspecified atom stereocenters. The third-order valence-electron chi connectivity index (χ3n) is 5.31. The number of likely N-dealkylation sites (tertiary alicyclic amines) is 1. The van der Waals surface area contributed by atoms with Gasteiger partial charge in [-0.3, -0.25) is 4.79 Å². The molecule has 6 heteroatoms. The Balaban J connectivity index is 1.44. The van der Waals surface area contributed by atoms with Crippen LogP contribution in [0.2, 0.25) is 0 Å². The maximum atomic E-state index is 12.6. The van der Waals surface area contributed by atoms with Gasteiger partial charge in [0.25, 0.3) is 0 Å². The zero-order chi connectivity index (χ0) is 16.2. The van der Waals surface area contributed by atoms with Gasteiger partial charge in [-0.25, -0.2) is 4.98 Å². The molecule has 0 bridgehead atoms. The minimum atomic E-state index is -0.889. The summed E-state index contributed by atoms with van der Waals surface area (Å²) in [6.07, 6.45) is 2.38. The highest BCUT2D eigenvalue weighted by molar-refractivity contribution is 6.53. The minimum Gasteiger partial charge on any atom is -0.342 e. The molecule has 2 aliphatic rings. The van der Waals surface area contributed by atoms with Crippen LogP contribution in [0.1, 0.15) is 37.9 Å². The van der Waals surface area contributed by atoms with Crippen LogP contribution < -0.4 is 0 Å². The number of carbonyl (C=O) groups is 1. The van der Waals surface area contributed by atoms with Gasteiger partial charge in [0, 0.05) is 19.0 Å². The molecule has 1 saturated carbocycles. The fourth-order valence-corrected chi connectivity index (χ4v) is 4.20. The molecular weight excluding hydrogens is 333 g/mol. The van der Waals surface area contributed by atoms with Gasteiger partial charge in [0.05, 0.1) is 16.4 Å². The van der Waals surface area contributed by atoms with E-state index in [-0.39, 0.29) is 5.91 Å². The summed E-state index contributed by atoms with van der Waals surface area (Å²) in [6.45, 7) is 3.33. The van der Waals surface area contributed by atoms with Crippen LogP contribution in [0, 0.1) is 5.41 Å². The van der Waals surface area contributed by atoms with Crippen LogP contribution in [-0.2, 0) is 4.79 Å². The quantitative estimate of drug-likeness (QED) is 0.835. The average molecular weight is 352 g/mol. The summed E-state index contributed by atoms with van der Waals surface area (Å²) in [4.78, 5) is 22.6. The molecule has 2 aromatic rings. The first-order valence-electron chi connectivity index (χ1n) is 8.02. The molecule has 1 aromatic heterocycles. The molecule has 23 heavy (non-hydrogen) atoms. The number of alkyl halides is 2. The summed E-state index contributed by atoms with van der Waals surface area (Å²) in [7, 11) is 0. The van der Waals surface area contributed by atoms with E-state index in [1.165, 1.54) is 0 Å². The number of aromatic amines is 1. The normalized spacial score (nSPS) is 27.3. The maximum Gasteiger partial charge on any atom is 0.231 e. The van der Waals surface area contributed by atoms with Crippen LogP contribution in [-0.4, -0.2) is 38.2 Å². The summed E-state index contributed by atoms with van der Waals surface area (Å²) in [5, 5.41) is 0. The van der Waals surface area contributed by atoms with Crippen molar-refractivity contribution in [3.8, 4) is 0 Å². The van der Waals surface area contributed by atoms with E-state index in [1.54, 1.807) is 0 Å². The van der Waals surface area contributed by atoms with Gasteiger partial charge in [-0.2, -0.15) is 0 Å². The monoisotopic (exact) mass is 351 g/mol. The molecule has 4 rings (SSSR count). The molecule has 1 atom stereocenters. The molecule has 1 amide bonds. The molecule has 1 aliphatic heterocycles. The highest BCUT2D eigenvalue weighted by atomic mass is 35.5. The van der Waals surface area contributed by atoms with Crippen molar-refractivity contribution in [2.75, 3.05) is 13.1 Å². The molecule has 2 heterocycles. The number of aromatic nitrogens is 2. The maximum absolute atomic E-state index is 12.6. The lowest BCUT2D eigenvalue weighted by Crippen LogP contribution is -2.43. The van der Waals surface area contributed by atoms with Crippen molar-refractivity contribution in [1.29, 1.82) is 0 Å². The number of H-pyrrole nitrogens is 1. The molecule has 1 aromatic carbocycles. The molecule has 122 valence electrons. The highest BCUT2D eigenvalue weighted by Gasteiger charge is 2.68. The lowest BCUT2D eigenvalue weighted by molar-refractivity contribution is -0.137. The molecule has 0 radical (unpaired) electrons. The molecule has 0 spiro atoms. The number of fused-ring (bicyclic) bond motifs is 1. The lowest BCUT2D eigenvalue weighted by atomic mass is 9.95. The number of amides is 1. The number of nitrogens with zero attached hydrogens (tertiary/aromatic N) is 2. The average Bonchev–Trinajstić information content (AvgIpc) is 2.89. The molecule has 1 aliphatic carbocycles. The van der Waals surface area contributed by atoms with Gasteiger partial charge in [-0.05, 0) is 38.3 Å². The minimum absolute atomic E-state index is 0.0885. The first kappa shape index (κ1) is 15.3. The van der Waals surface area contributed by atoms with Crippen molar-refractivity contribution < 1.29 is 4.79 Å². The van der Waals surface area contributed by atoms with Crippen molar-refractivity contribution in [3.63, 3.8) is 0 Å². The second kappa shape index (κ2) is 5.12. The summed E-state index contributed by atoms with van der Waals surface area (Å²) in [6, 6.07) is 8.06. The third kappa shape index (κ3) is 2.43. The van der Waals surface area contributed by atoms with Gasteiger partial charge in [-0.15, -0.1) is 23.2 Å². The first-order valence-corrected chi connectivity index (χ1v) is 8.78. The Bertz CT molecular complexity index is 731. The van der Waals surface area contributed by atoms with Crippen LogP contribution in [0.5, 0.6) is 0 Å². The van der Waals surface area contributed by atoms with Crippen molar-refractivity contribution in [3.05, 3.63) is 30.1 Å². The highest BCUT2D eigenvalue weighted by Crippen LogP contribution is 2.64. The van der Waals surface area contributed by atoms with Crippen molar-refractivity contribution in [2.24, 2.45) is 5.41 Å². The molecular formula is C17H19Cl2N3O. The van der Waals surface area contributed by atoms with E-state index < -0.39 is 9.75 Å². The fraction of sp³-hybridized carbons (Fsp3) is 0.529. The van der Waals surface area contributed by atoms with E-state index in [0.717, 1.165) is 42.8 Å². The van der Waals surface area contributed by atoms with Gasteiger partial charge in [0.1, 0.15) is 10.2 Å². The SMILES string of the molecule is CC1(C(=O)N2CCC(c3nc4ccccc4[nH]3)CC2)CC1(Cl)Cl. The Hall–Kier alpha value is -1.26. The largest absolute Gasteiger partial charge is 0.342 e. The number of imidazole rings is 1. The fourth-order valence-electron chi connectivity index (χ4n) is 3.50. The number of nitrogens with one attached hydrogen (secondary N) is 1. The van der Waals surface area contributed by atoms with E-state index in [1.807, 2.05) is 36.1 Å². The molecule has 2 fully saturated rings. The third-order valence-corrected chi connectivity index (χ3v) is 6.41. The van der Waals surface area contributed by atoms with Crippen molar-refractivity contribution >= 4 is 40.1 Å². The van der Waals surface area contributed by atoms with Crippen LogP contribution in [0.25, 0.3) is 11.0 Å². The van der Waals surface area contributed by atoms with Crippen LogP contribution in [0.3, 0.4) is 0 Å². The van der Waals surface area contributed by atoms with Crippen LogP contribution >= 0.6 is 23.2 Å². The zero-order valence-corrected chi connectivity index (χ0v) is 14.5. The van der Waals surface area contributed by atoms with E-state index in [4.69, 9.17) is 23.2 Å².